The Morgan fingerprint density at radius 3 is 1.14 bits per heavy atom. The van der Waals surface area contributed by atoms with E-state index in [1.54, 1.807) is 0 Å². The molecule has 0 heterocycles. The third-order valence-corrected chi connectivity index (χ3v) is 0. The van der Waals surface area contributed by atoms with Crippen molar-refractivity contribution in [2.24, 2.45) is 0 Å². The van der Waals surface area contributed by atoms with Gasteiger partial charge in [0.1, 0.15) is 0 Å². The third kappa shape index (κ3) is 649. The van der Waals surface area contributed by atoms with Crippen molar-refractivity contribution < 1.29 is 23.0 Å². The molecule has 0 aromatic heterocycles. The van der Waals surface area contributed by atoms with Gasteiger partial charge in [-0.25, -0.2) is 4.57 Å². The Labute approximate surface area is 47.9 Å². The zero-order valence-electron chi connectivity index (χ0n) is 3.31. The molecule has 0 aromatic rings. The summed E-state index contributed by atoms with van der Waals surface area (Å²) in [6.07, 6.45) is 0. The van der Waals surface area contributed by atoms with Gasteiger partial charge in [0.2, 0.25) is 0 Å². The van der Waals surface area contributed by atoms with Crippen molar-refractivity contribution in [1.82, 2.24) is 0 Å². The molecular formula is H4AlO5P. The van der Waals surface area contributed by atoms with Gasteiger partial charge in [-0.05, 0) is 0 Å². The Hall–Kier alpha value is 0.442. The first-order chi connectivity index (χ1) is 3.00. The fourth-order valence-corrected chi connectivity index (χ4v) is 0. The summed E-state index contributed by atoms with van der Waals surface area (Å²) < 4.78 is 17.2. The Morgan fingerprint density at radius 2 is 1.14 bits per heavy atom. The molecule has 0 amide bonds. The van der Waals surface area contributed by atoms with Gasteiger partial charge in [-0.2, -0.15) is 0 Å². The quantitative estimate of drug-likeness (QED) is 0.277. The summed E-state index contributed by atoms with van der Waals surface area (Å²) in [4.78, 5) is 21.6. The summed E-state index contributed by atoms with van der Waals surface area (Å²) in [5.74, 6) is 0. The first kappa shape index (κ1) is 10.4. The van der Waals surface area contributed by atoms with Crippen LogP contribution < -0.4 is 0 Å². The Kier molecular flexibility index (Phi) is 6.85. The topological polar surface area (TPSA) is 94.8 Å². The van der Waals surface area contributed by atoms with Gasteiger partial charge in [-0.3, -0.25) is 0 Å². The fraction of sp³-hybridized carbons (Fsp3) is 0. The number of hydrogen-bond donors (Lipinski definition) is 3. The van der Waals surface area contributed by atoms with Crippen LogP contribution in [0.1, 0.15) is 0 Å². The van der Waals surface area contributed by atoms with E-state index < -0.39 is 7.82 Å². The molecule has 0 bridgehead atoms. The Morgan fingerprint density at radius 1 is 1.14 bits per heavy atom. The summed E-state index contributed by atoms with van der Waals surface area (Å²) in [7, 11) is -4.64. The molecule has 0 fully saturated rings. The van der Waals surface area contributed by atoms with Crippen LogP contribution in [-0.2, 0) is 8.37 Å². The van der Waals surface area contributed by atoms with Crippen LogP contribution in [0.4, 0.5) is 0 Å². The van der Waals surface area contributed by atoms with E-state index in [9.17, 15) is 0 Å². The summed E-state index contributed by atoms with van der Waals surface area (Å²) in [5, 5.41) is 0. The zero-order valence-corrected chi connectivity index (χ0v) is 5.62. The van der Waals surface area contributed by atoms with Crippen LogP contribution in [0.15, 0.2) is 0 Å². The molecule has 0 aliphatic heterocycles. The molecule has 0 aliphatic rings. The van der Waals surface area contributed by atoms with Crippen LogP contribution in [0.3, 0.4) is 0 Å². The average Bonchev–Trinajstić information content (AvgIpc) is 1.36. The molecule has 0 radical (unpaired) electrons. The standard InChI is InChI=1S/Al.H3O4P.O.H/c;1-5(2,3)4;;/h;(H3,1,2,3,4);;. The minimum atomic E-state index is -4.64. The molecule has 42 valence electrons. The van der Waals surface area contributed by atoms with Crippen molar-refractivity contribution in [3.05, 3.63) is 0 Å². The first-order valence-electron chi connectivity index (χ1n) is 1.07. The van der Waals surface area contributed by atoms with Crippen LogP contribution in [0.25, 0.3) is 0 Å². The number of hydrogen-bond acceptors (Lipinski definition) is 2. The van der Waals surface area contributed by atoms with E-state index in [0.29, 0.717) is 16.2 Å². The maximum absolute atomic E-state index is 8.88. The fourth-order valence-electron chi connectivity index (χ4n) is 0. The van der Waals surface area contributed by atoms with Gasteiger partial charge < -0.3 is 14.7 Å². The molecule has 3 N–H and O–H groups in total. The summed E-state index contributed by atoms with van der Waals surface area (Å²) in [6.45, 7) is 0. The maximum atomic E-state index is 8.88. The minimum absolute atomic E-state index is 0.611. The van der Waals surface area contributed by atoms with Crippen LogP contribution in [0.2, 0.25) is 0 Å². The third-order valence-electron chi connectivity index (χ3n) is 0. The molecule has 7 heteroatoms. The summed E-state index contributed by atoms with van der Waals surface area (Å²) in [6, 6.07) is 0. The Balaban J connectivity index is 0. The number of rotatable bonds is 0. The van der Waals surface area contributed by atoms with E-state index >= 15 is 0 Å². The number of phosphoric acid groups is 1. The molecular weight excluding hydrogens is 138 g/mol. The molecule has 0 unspecified atom stereocenters. The molecule has 0 atom stereocenters. The second kappa shape index (κ2) is 4.60. The zero-order chi connectivity index (χ0) is 6.50. The Bertz CT molecular complexity index is 63.9. The van der Waals surface area contributed by atoms with Gasteiger partial charge in [0, 0.05) is 0 Å². The van der Waals surface area contributed by atoms with Crippen molar-refractivity contribution in [3.63, 3.8) is 0 Å². The SMILES string of the molecule is O=P(O)(O)O.[O]=[AlH]. The van der Waals surface area contributed by atoms with Gasteiger partial charge in [-0.15, -0.1) is 0 Å². The van der Waals surface area contributed by atoms with E-state index in [2.05, 4.69) is 0 Å². The van der Waals surface area contributed by atoms with Crippen LogP contribution in [-0.4, -0.2) is 30.9 Å². The van der Waals surface area contributed by atoms with Gasteiger partial charge in [0.25, 0.3) is 0 Å². The molecule has 5 nitrogen and oxygen atoms in total. The molecule has 0 rings (SSSR count). The van der Waals surface area contributed by atoms with Gasteiger partial charge in [-0.1, -0.05) is 0 Å². The van der Waals surface area contributed by atoms with E-state index in [-0.39, 0.29) is 0 Å². The second-order valence-corrected chi connectivity index (χ2v) is 1.54. The molecule has 0 aromatic carbocycles. The van der Waals surface area contributed by atoms with Crippen molar-refractivity contribution >= 4 is 24.0 Å². The normalized spacial score (nSPS) is 8.86. The van der Waals surface area contributed by atoms with Crippen LogP contribution >= 0.6 is 7.82 Å². The molecule has 7 heavy (non-hydrogen) atoms. The predicted molar refractivity (Wildman–Crippen MR) is 22.1 cm³/mol. The van der Waals surface area contributed by atoms with Crippen molar-refractivity contribution in [1.29, 1.82) is 0 Å². The van der Waals surface area contributed by atoms with Gasteiger partial charge in [0.15, 0.2) is 0 Å². The van der Waals surface area contributed by atoms with E-state index in [1.807, 2.05) is 0 Å². The molecule has 0 saturated carbocycles. The first-order valence-corrected chi connectivity index (χ1v) is 3.21. The molecule has 0 saturated heterocycles. The predicted octanol–water partition coefficient (Wildman–Crippen LogP) is -1.70. The van der Waals surface area contributed by atoms with E-state index in [0.717, 1.165) is 0 Å². The van der Waals surface area contributed by atoms with Crippen molar-refractivity contribution in [2.75, 3.05) is 0 Å². The van der Waals surface area contributed by atoms with Gasteiger partial charge >= 0.3 is 27.9 Å². The monoisotopic (exact) mass is 142 g/mol. The molecule has 0 aliphatic carbocycles. The summed E-state index contributed by atoms with van der Waals surface area (Å²) in [5.41, 5.74) is 0. The average molecular weight is 142 g/mol. The summed E-state index contributed by atoms with van der Waals surface area (Å²) >= 11 is 0.611. The van der Waals surface area contributed by atoms with E-state index in [1.165, 1.54) is 0 Å². The van der Waals surface area contributed by atoms with Gasteiger partial charge in [0.05, 0.1) is 0 Å². The van der Waals surface area contributed by atoms with Crippen LogP contribution in [0, 0.1) is 0 Å². The van der Waals surface area contributed by atoms with E-state index in [4.69, 9.17) is 23.0 Å². The molecule has 0 spiro atoms. The van der Waals surface area contributed by atoms with Crippen LogP contribution in [0.5, 0.6) is 0 Å². The van der Waals surface area contributed by atoms with Crippen molar-refractivity contribution in [3.8, 4) is 0 Å². The second-order valence-electron chi connectivity index (χ2n) is 0.513. The van der Waals surface area contributed by atoms with Crippen molar-refractivity contribution in [2.45, 2.75) is 0 Å².